The molecule has 1 aliphatic carbocycles. The lowest BCUT2D eigenvalue weighted by atomic mass is 9.94. The highest BCUT2D eigenvalue weighted by Gasteiger charge is 2.40. The maximum atomic E-state index is 14.1. The summed E-state index contributed by atoms with van der Waals surface area (Å²) in [6, 6.07) is 13.9. The van der Waals surface area contributed by atoms with Crippen LogP contribution in [0.15, 0.2) is 48.5 Å². The van der Waals surface area contributed by atoms with Crippen LogP contribution in [0.2, 0.25) is 0 Å². The van der Waals surface area contributed by atoms with Crippen LogP contribution in [-0.2, 0) is 14.3 Å². The molecule has 0 spiro atoms. The fourth-order valence-electron chi connectivity index (χ4n) is 5.47. The average Bonchev–Trinajstić information content (AvgIpc) is 3.46. The number of benzene rings is 2. The topological polar surface area (TPSA) is 86.3 Å². The Balaban J connectivity index is 1.47. The average molecular weight is 509 g/mol. The Labute approximate surface area is 218 Å². The SMILES string of the molecule is COc1cccc([C@H](C(=O)NC2CCCCC2)N(C[C@@H]2CCCO2)C(=O)[C@@H]2COc3ccccc3O2)c1. The lowest BCUT2D eigenvalue weighted by molar-refractivity contribution is -0.150. The van der Waals surface area contributed by atoms with Crippen molar-refractivity contribution in [2.75, 3.05) is 26.9 Å². The Bertz CT molecular complexity index is 1080. The van der Waals surface area contributed by atoms with Gasteiger partial charge in [0.2, 0.25) is 12.0 Å². The van der Waals surface area contributed by atoms with Gasteiger partial charge < -0.3 is 29.2 Å². The Kier molecular flexibility index (Phi) is 8.14. The Hall–Kier alpha value is -3.26. The monoisotopic (exact) mass is 508 g/mol. The van der Waals surface area contributed by atoms with E-state index in [1.807, 2.05) is 42.5 Å². The fourth-order valence-corrected chi connectivity index (χ4v) is 5.47. The van der Waals surface area contributed by atoms with Gasteiger partial charge in [-0.1, -0.05) is 43.5 Å². The van der Waals surface area contributed by atoms with Gasteiger partial charge in [0.25, 0.3) is 5.91 Å². The number of hydrogen-bond acceptors (Lipinski definition) is 6. The van der Waals surface area contributed by atoms with Gasteiger partial charge in [-0.2, -0.15) is 0 Å². The smallest absolute Gasteiger partial charge is 0.268 e. The summed E-state index contributed by atoms with van der Waals surface area (Å²) < 4.78 is 23.3. The molecular formula is C29H36N2O6. The molecule has 1 N–H and O–H groups in total. The second-order valence-corrected chi connectivity index (χ2v) is 10.0. The summed E-state index contributed by atoms with van der Waals surface area (Å²) in [5, 5.41) is 3.25. The standard InChI is InChI=1S/C29H36N2O6/c1-34-22-12-7-9-20(17-22)27(28(32)30-21-10-3-2-4-11-21)31(18-23-13-8-16-35-23)29(33)26-19-36-24-14-5-6-15-25(24)37-26/h5-7,9,12,14-15,17,21,23,26-27H,2-4,8,10-11,13,16,18-19H2,1H3,(H,30,32)/t23-,26-,27+/m0/s1. The first-order valence-electron chi connectivity index (χ1n) is 13.4. The van der Waals surface area contributed by atoms with Crippen molar-refractivity contribution < 1.29 is 28.5 Å². The molecule has 3 aliphatic rings. The van der Waals surface area contributed by atoms with Gasteiger partial charge in [-0.3, -0.25) is 9.59 Å². The molecule has 1 saturated carbocycles. The second kappa shape index (κ2) is 11.9. The zero-order valence-corrected chi connectivity index (χ0v) is 21.4. The van der Waals surface area contributed by atoms with Crippen molar-refractivity contribution in [3.63, 3.8) is 0 Å². The van der Waals surface area contributed by atoms with E-state index in [4.69, 9.17) is 18.9 Å². The van der Waals surface area contributed by atoms with Crippen LogP contribution in [0.3, 0.4) is 0 Å². The number of nitrogens with one attached hydrogen (secondary N) is 1. The number of ether oxygens (including phenoxy) is 4. The van der Waals surface area contributed by atoms with Crippen LogP contribution in [0, 0.1) is 0 Å². The van der Waals surface area contributed by atoms with E-state index < -0.39 is 12.1 Å². The zero-order chi connectivity index (χ0) is 25.6. The molecule has 1 saturated heterocycles. The van der Waals surface area contributed by atoms with Crippen molar-refractivity contribution >= 4 is 11.8 Å². The van der Waals surface area contributed by atoms with E-state index in [9.17, 15) is 9.59 Å². The summed E-state index contributed by atoms with van der Waals surface area (Å²) >= 11 is 0. The van der Waals surface area contributed by atoms with Crippen molar-refractivity contribution in [1.82, 2.24) is 10.2 Å². The molecule has 8 heteroatoms. The predicted molar refractivity (Wildman–Crippen MR) is 138 cm³/mol. The molecule has 37 heavy (non-hydrogen) atoms. The largest absolute Gasteiger partial charge is 0.497 e. The predicted octanol–water partition coefficient (Wildman–Crippen LogP) is 4.03. The highest BCUT2D eigenvalue weighted by atomic mass is 16.6. The Morgan fingerprint density at radius 2 is 1.84 bits per heavy atom. The number of fused-ring (bicyclic) bond motifs is 1. The number of nitrogens with zero attached hydrogens (tertiary/aromatic N) is 1. The minimum absolute atomic E-state index is 0.0763. The van der Waals surface area contributed by atoms with Gasteiger partial charge in [0.05, 0.1) is 13.2 Å². The molecule has 5 rings (SSSR count). The first-order chi connectivity index (χ1) is 18.1. The molecule has 0 unspecified atom stereocenters. The van der Waals surface area contributed by atoms with Crippen LogP contribution < -0.4 is 19.5 Å². The summed E-state index contributed by atoms with van der Waals surface area (Å²) in [7, 11) is 1.59. The molecule has 0 aromatic heterocycles. The zero-order valence-electron chi connectivity index (χ0n) is 21.4. The van der Waals surface area contributed by atoms with Crippen LogP contribution >= 0.6 is 0 Å². The van der Waals surface area contributed by atoms with Crippen LogP contribution in [0.4, 0.5) is 0 Å². The number of methoxy groups -OCH3 is 1. The molecule has 2 amide bonds. The van der Waals surface area contributed by atoms with Crippen LogP contribution in [0.1, 0.15) is 56.6 Å². The first kappa shape index (κ1) is 25.4. The highest BCUT2D eigenvalue weighted by Crippen LogP contribution is 2.34. The third-order valence-corrected chi connectivity index (χ3v) is 7.41. The molecule has 2 aromatic rings. The molecule has 0 radical (unpaired) electrons. The molecule has 3 atom stereocenters. The van der Waals surface area contributed by atoms with E-state index in [0.717, 1.165) is 38.5 Å². The van der Waals surface area contributed by atoms with Gasteiger partial charge in [0.1, 0.15) is 18.4 Å². The molecule has 8 nitrogen and oxygen atoms in total. The van der Waals surface area contributed by atoms with Crippen molar-refractivity contribution in [2.45, 2.75) is 69.2 Å². The van der Waals surface area contributed by atoms with Crippen molar-refractivity contribution in [1.29, 1.82) is 0 Å². The van der Waals surface area contributed by atoms with E-state index in [2.05, 4.69) is 5.32 Å². The van der Waals surface area contributed by atoms with Crippen LogP contribution in [-0.4, -0.2) is 61.8 Å². The minimum atomic E-state index is -0.869. The summed E-state index contributed by atoms with van der Waals surface area (Å²) in [6.45, 7) is 1.02. The maximum Gasteiger partial charge on any atom is 0.268 e. The summed E-state index contributed by atoms with van der Waals surface area (Å²) in [4.78, 5) is 29.7. The number of para-hydroxylation sites is 2. The molecule has 2 aliphatic heterocycles. The van der Waals surface area contributed by atoms with Gasteiger partial charge in [0, 0.05) is 19.2 Å². The number of rotatable bonds is 8. The van der Waals surface area contributed by atoms with E-state index >= 15 is 0 Å². The van der Waals surface area contributed by atoms with Crippen molar-refractivity contribution in [2.24, 2.45) is 0 Å². The fraction of sp³-hybridized carbons (Fsp3) is 0.517. The highest BCUT2D eigenvalue weighted by molar-refractivity contribution is 5.91. The summed E-state index contributed by atoms with van der Waals surface area (Å²) in [6.07, 6.45) is 6.04. The normalized spacial score (nSPS) is 22.2. The quantitative estimate of drug-likeness (QED) is 0.580. The molecule has 2 aromatic carbocycles. The van der Waals surface area contributed by atoms with Crippen molar-refractivity contribution in [3.05, 3.63) is 54.1 Å². The van der Waals surface area contributed by atoms with E-state index in [1.54, 1.807) is 18.1 Å². The van der Waals surface area contributed by atoms with E-state index in [-0.39, 0.29) is 30.6 Å². The molecule has 198 valence electrons. The Morgan fingerprint density at radius 1 is 1.03 bits per heavy atom. The maximum absolute atomic E-state index is 14.1. The van der Waals surface area contributed by atoms with Gasteiger partial charge in [-0.25, -0.2) is 0 Å². The minimum Gasteiger partial charge on any atom is -0.497 e. The third-order valence-electron chi connectivity index (χ3n) is 7.41. The van der Waals surface area contributed by atoms with E-state index in [1.165, 1.54) is 6.42 Å². The first-order valence-corrected chi connectivity index (χ1v) is 13.4. The summed E-state index contributed by atoms with van der Waals surface area (Å²) in [5.41, 5.74) is 0.691. The van der Waals surface area contributed by atoms with Crippen LogP contribution in [0.5, 0.6) is 17.2 Å². The number of hydrogen-bond donors (Lipinski definition) is 1. The van der Waals surface area contributed by atoms with Gasteiger partial charge in [-0.15, -0.1) is 0 Å². The molecular weight excluding hydrogens is 472 g/mol. The summed E-state index contributed by atoms with van der Waals surface area (Å²) in [5.74, 6) is 1.27. The number of amides is 2. The third kappa shape index (κ3) is 6.01. The Morgan fingerprint density at radius 3 is 2.59 bits per heavy atom. The van der Waals surface area contributed by atoms with Crippen molar-refractivity contribution in [3.8, 4) is 17.2 Å². The lowest BCUT2D eigenvalue weighted by Gasteiger charge is -2.37. The number of carbonyl (C=O) groups is 2. The van der Waals surface area contributed by atoms with Crippen LogP contribution in [0.25, 0.3) is 0 Å². The van der Waals surface area contributed by atoms with Gasteiger partial charge in [-0.05, 0) is 55.5 Å². The second-order valence-electron chi connectivity index (χ2n) is 10.0. The number of carbonyl (C=O) groups excluding carboxylic acids is 2. The molecule has 2 heterocycles. The molecule has 0 bridgehead atoms. The van der Waals surface area contributed by atoms with E-state index in [0.29, 0.717) is 36.0 Å². The lowest BCUT2D eigenvalue weighted by Crippen LogP contribution is -2.54. The van der Waals surface area contributed by atoms with Gasteiger partial charge >= 0.3 is 0 Å². The molecule has 2 fully saturated rings. The van der Waals surface area contributed by atoms with Gasteiger partial charge in [0.15, 0.2) is 11.5 Å².